The van der Waals surface area contributed by atoms with Crippen LogP contribution in [0, 0.1) is 5.82 Å². The quantitative estimate of drug-likeness (QED) is 0.684. The normalized spacial score (nSPS) is 10.8. The van der Waals surface area contributed by atoms with Crippen molar-refractivity contribution in [3.8, 4) is 5.75 Å². The summed E-state index contributed by atoms with van der Waals surface area (Å²) < 4.78 is 20.3. The summed E-state index contributed by atoms with van der Waals surface area (Å²) >= 11 is 0. The molecule has 0 saturated heterocycles. The summed E-state index contributed by atoms with van der Waals surface area (Å²) in [4.78, 5) is 12.2. The Morgan fingerprint density at radius 1 is 1.19 bits per heavy atom. The van der Waals surface area contributed by atoms with E-state index < -0.39 is 5.82 Å². The van der Waals surface area contributed by atoms with E-state index in [-0.39, 0.29) is 12.3 Å². The molecule has 0 saturated carbocycles. The lowest BCUT2D eigenvalue weighted by atomic mass is 10.1. The van der Waals surface area contributed by atoms with Crippen LogP contribution in [-0.2, 0) is 6.54 Å². The molecule has 0 radical (unpaired) electrons. The van der Waals surface area contributed by atoms with Gasteiger partial charge in [-0.1, -0.05) is 18.2 Å². The predicted molar refractivity (Wildman–Crippen MR) is 79.2 cm³/mol. The number of aromatic nitrogens is 1. The molecule has 0 bridgehead atoms. The fourth-order valence-corrected chi connectivity index (χ4v) is 2.42. The summed E-state index contributed by atoms with van der Waals surface area (Å²) in [6, 6.07) is 13.3. The van der Waals surface area contributed by atoms with Crippen LogP contribution in [0.3, 0.4) is 0 Å². The van der Waals surface area contributed by atoms with Crippen LogP contribution in [0.2, 0.25) is 0 Å². The molecular weight excluding hydrogens is 269 g/mol. The maximum absolute atomic E-state index is 13.2. The van der Waals surface area contributed by atoms with Crippen LogP contribution in [0.15, 0.2) is 54.7 Å². The zero-order valence-corrected chi connectivity index (χ0v) is 11.5. The van der Waals surface area contributed by atoms with Crippen molar-refractivity contribution in [2.45, 2.75) is 6.54 Å². The molecular formula is C17H14FNO2. The van der Waals surface area contributed by atoms with Gasteiger partial charge in [-0.2, -0.15) is 0 Å². The number of nitrogens with zero attached hydrogens (tertiary/aromatic N) is 1. The van der Waals surface area contributed by atoms with Gasteiger partial charge in [-0.05, 0) is 30.3 Å². The minimum Gasteiger partial charge on any atom is -0.496 e. The molecule has 1 heterocycles. The molecule has 21 heavy (non-hydrogen) atoms. The summed E-state index contributed by atoms with van der Waals surface area (Å²) in [5.41, 5.74) is 1.29. The Bertz CT molecular complexity index is 807. The molecule has 3 rings (SSSR count). The topological polar surface area (TPSA) is 31.2 Å². The summed E-state index contributed by atoms with van der Waals surface area (Å²) in [6.45, 7) is 0.167. The molecule has 0 N–H and O–H groups in total. The predicted octanol–water partition coefficient (Wildman–Crippen LogP) is 3.67. The molecule has 0 aliphatic rings. The molecule has 2 aromatic carbocycles. The third-order valence-corrected chi connectivity index (χ3v) is 3.45. The Morgan fingerprint density at radius 3 is 2.76 bits per heavy atom. The number of Topliss-reactive ketones (excluding diaryl/α,β-unsaturated/α-hetero) is 1. The van der Waals surface area contributed by atoms with E-state index in [4.69, 9.17) is 4.74 Å². The molecule has 3 nitrogen and oxygen atoms in total. The van der Waals surface area contributed by atoms with Crippen LogP contribution < -0.4 is 4.74 Å². The highest BCUT2D eigenvalue weighted by molar-refractivity contribution is 5.97. The number of hydrogen-bond donors (Lipinski definition) is 0. The van der Waals surface area contributed by atoms with Gasteiger partial charge in [-0.3, -0.25) is 4.79 Å². The minimum absolute atomic E-state index is 0.130. The summed E-state index contributed by atoms with van der Waals surface area (Å²) in [7, 11) is 1.62. The fraction of sp³-hybridized carbons (Fsp3) is 0.118. The van der Waals surface area contributed by atoms with Crippen molar-refractivity contribution < 1.29 is 13.9 Å². The molecule has 3 aromatic rings. The van der Waals surface area contributed by atoms with E-state index in [1.807, 2.05) is 35.0 Å². The first-order valence-corrected chi connectivity index (χ1v) is 6.59. The van der Waals surface area contributed by atoms with Crippen molar-refractivity contribution in [3.05, 3.63) is 66.1 Å². The zero-order chi connectivity index (χ0) is 14.8. The van der Waals surface area contributed by atoms with E-state index in [2.05, 4.69) is 0 Å². The molecule has 106 valence electrons. The van der Waals surface area contributed by atoms with E-state index in [0.717, 1.165) is 16.7 Å². The molecule has 0 aliphatic carbocycles. The minimum atomic E-state index is -0.403. The van der Waals surface area contributed by atoms with Crippen LogP contribution >= 0.6 is 0 Å². The van der Waals surface area contributed by atoms with Crippen molar-refractivity contribution in [2.75, 3.05) is 7.11 Å². The van der Waals surface area contributed by atoms with Crippen molar-refractivity contribution in [2.24, 2.45) is 0 Å². The standard InChI is InChI=1S/C17H14FNO2/c1-21-17-7-3-6-15-14(17)8-9-19(15)11-16(20)12-4-2-5-13(18)10-12/h2-10H,11H2,1H3. The van der Waals surface area contributed by atoms with Gasteiger partial charge in [0.2, 0.25) is 0 Å². The van der Waals surface area contributed by atoms with Crippen LogP contribution in [0.1, 0.15) is 10.4 Å². The van der Waals surface area contributed by atoms with Gasteiger partial charge in [0.25, 0.3) is 0 Å². The van der Waals surface area contributed by atoms with Crippen LogP contribution in [0.4, 0.5) is 4.39 Å². The Balaban J connectivity index is 1.93. The number of carbonyl (C=O) groups is 1. The number of benzene rings is 2. The molecule has 0 atom stereocenters. The average Bonchev–Trinajstić information content (AvgIpc) is 2.90. The van der Waals surface area contributed by atoms with E-state index >= 15 is 0 Å². The van der Waals surface area contributed by atoms with Gasteiger partial charge in [0.05, 0.1) is 19.2 Å². The van der Waals surface area contributed by atoms with Gasteiger partial charge in [0.1, 0.15) is 11.6 Å². The first-order valence-electron chi connectivity index (χ1n) is 6.59. The lowest BCUT2D eigenvalue weighted by Gasteiger charge is -2.06. The molecule has 0 aliphatic heterocycles. The second-order valence-electron chi connectivity index (χ2n) is 4.77. The SMILES string of the molecule is COc1cccc2c1ccn2CC(=O)c1cccc(F)c1. The second-order valence-corrected chi connectivity index (χ2v) is 4.77. The van der Waals surface area contributed by atoms with Crippen molar-refractivity contribution in [1.82, 2.24) is 4.57 Å². The number of halogens is 1. The highest BCUT2D eigenvalue weighted by atomic mass is 19.1. The first kappa shape index (κ1) is 13.4. The Hall–Kier alpha value is -2.62. The lowest BCUT2D eigenvalue weighted by Crippen LogP contribution is -2.09. The molecule has 0 unspecified atom stereocenters. The van der Waals surface area contributed by atoms with Crippen molar-refractivity contribution >= 4 is 16.7 Å². The number of methoxy groups -OCH3 is 1. The molecule has 1 aromatic heterocycles. The van der Waals surface area contributed by atoms with E-state index in [1.165, 1.54) is 12.1 Å². The Labute approximate surface area is 121 Å². The molecule has 0 spiro atoms. The first-order chi connectivity index (χ1) is 10.2. The van der Waals surface area contributed by atoms with Gasteiger partial charge in [-0.15, -0.1) is 0 Å². The Morgan fingerprint density at radius 2 is 2.00 bits per heavy atom. The van der Waals surface area contributed by atoms with Crippen molar-refractivity contribution in [3.63, 3.8) is 0 Å². The van der Waals surface area contributed by atoms with Crippen LogP contribution in [-0.4, -0.2) is 17.5 Å². The molecule has 0 fully saturated rings. The third-order valence-electron chi connectivity index (χ3n) is 3.45. The highest BCUT2D eigenvalue weighted by Gasteiger charge is 2.11. The molecule has 0 amide bonds. The second kappa shape index (κ2) is 5.40. The number of ether oxygens (including phenoxy) is 1. The third kappa shape index (κ3) is 2.52. The van der Waals surface area contributed by atoms with Crippen molar-refractivity contribution in [1.29, 1.82) is 0 Å². The number of carbonyl (C=O) groups excluding carboxylic acids is 1. The summed E-state index contributed by atoms with van der Waals surface area (Å²) in [5.74, 6) is 0.235. The van der Waals surface area contributed by atoms with Crippen LogP contribution in [0.25, 0.3) is 10.9 Å². The maximum atomic E-state index is 13.2. The summed E-state index contributed by atoms with van der Waals surface area (Å²) in [5, 5.41) is 0.951. The Kier molecular flexibility index (Phi) is 3.44. The number of hydrogen-bond acceptors (Lipinski definition) is 2. The smallest absolute Gasteiger partial charge is 0.182 e. The zero-order valence-electron chi connectivity index (χ0n) is 11.5. The average molecular weight is 283 g/mol. The maximum Gasteiger partial charge on any atom is 0.182 e. The highest BCUT2D eigenvalue weighted by Crippen LogP contribution is 2.26. The number of rotatable bonds is 4. The van der Waals surface area contributed by atoms with E-state index in [0.29, 0.717) is 5.56 Å². The largest absolute Gasteiger partial charge is 0.496 e. The monoisotopic (exact) mass is 283 g/mol. The number of ketones is 1. The fourth-order valence-electron chi connectivity index (χ4n) is 2.42. The van der Waals surface area contributed by atoms with Gasteiger partial charge < -0.3 is 9.30 Å². The van der Waals surface area contributed by atoms with E-state index in [1.54, 1.807) is 19.2 Å². The van der Waals surface area contributed by atoms with Gasteiger partial charge in [-0.25, -0.2) is 4.39 Å². The van der Waals surface area contributed by atoms with E-state index in [9.17, 15) is 9.18 Å². The summed E-state index contributed by atoms with van der Waals surface area (Å²) in [6.07, 6.45) is 1.84. The van der Waals surface area contributed by atoms with Crippen LogP contribution in [0.5, 0.6) is 5.75 Å². The van der Waals surface area contributed by atoms with Gasteiger partial charge in [0, 0.05) is 17.1 Å². The number of fused-ring (bicyclic) bond motifs is 1. The molecule has 4 heteroatoms. The van der Waals surface area contributed by atoms with Gasteiger partial charge >= 0.3 is 0 Å². The van der Waals surface area contributed by atoms with Gasteiger partial charge in [0.15, 0.2) is 5.78 Å². The lowest BCUT2D eigenvalue weighted by molar-refractivity contribution is 0.0973.